The quantitative estimate of drug-likeness (QED) is 0.545. The molecule has 0 N–H and O–H groups in total. The molecule has 17 heavy (non-hydrogen) atoms. The van der Waals surface area contributed by atoms with Gasteiger partial charge in [0, 0.05) is 0 Å². The highest BCUT2D eigenvalue weighted by atomic mass is 14.1. The van der Waals surface area contributed by atoms with Crippen LogP contribution in [0.5, 0.6) is 0 Å². The summed E-state index contributed by atoms with van der Waals surface area (Å²) in [6.07, 6.45) is 10.6. The van der Waals surface area contributed by atoms with Crippen molar-refractivity contribution in [3.05, 3.63) is 47.5 Å². The molecule has 0 atom stereocenters. The van der Waals surface area contributed by atoms with E-state index in [1.54, 1.807) is 16.7 Å². The van der Waals surface area contributed by atoms with Gasteiger partial charge in [-0.15, -0.1) is 6.58 Å². The highest BCUT2D eigenvalue weighted by Gasteiger charge is 2.06. The van der Waals surface area contributed by atoms with Crippen molar-refractivity contribution in [1.82, 2.24) is 0 Å². The van der Waals surface area contributed by atoms with Crippen molar-refractivity contribution >= 4 is 0 Å². The fourth-order valence-electron chi connectivity index (χ4n) is 2.30. The lowest BCUT2D eigenvalue weighted by Crippen LogP contribution is -2.00. The summed E-state index contributed by atoms with van der Waals surface area (Å²) >= 11 is 0. The van der Waals surface area contributed by atoms with Crippen LogP contribution in [-0.4, -0.2) is 0 Å². The third kappa shape index (κ3) is 4.38. The predicted octanol–water partition coefficient (Wildman–Crippen LogP) is 5.10. The summed E-state index contributed by atoms with van der Waals surface area (Å²) < 4.78 is 0. The van der Waals surface area contributed by atoms with Crippen molar-refractivity contribution in [2.24, 2.45) is 0 Å². The molecule has 1 aromatic carbocycles. The Kier molecular flexibility index (Phi) is 6.69. The molecule has 0 saturated heterocycles. The number of rotatable bonds is 8. The topological polar surface area (TPSA) is 0 Å². The Bertz CT molecular complexity index is 310. The van der Waals surface area contributed by atoms with Crippen molar-refractivity contribution < 1.29 is 0 Å². The van der Waals surface area contributed by atoms with E-state index in [1.165, 1.54) is 38.5 Å². The summed E-state index contributed by atoms with van der Waals surface area (Å²) in [5.74, 6) is 0. The normalized spacial score (nSPS) is 10.5. The van der Waals surface area contributed by atoms with Gasteiger partial charge in [0.2, 0.25) is 0 Å². The Balaban J connectivity index is 2.90. The first-order valence-electron chi connectivity index (χ1n) is 7.04. The molecule has 1 aromatic rings. The lowest BCUT2D eigenvalue weighted by Gasteiger charge is -2.13. The van der Waals surface area contributed by atoms with Crippen molar-refractivity contribution in [3.63, 3.8) is 0 Å². The van der Waals surface area contributed by atoms with Gasteiger partial charge in [-0.3, -0.25) is 0 Å². The van der Waals surface area contributed by atoms with Gasteiger partial charge in [-0.25, -0.2) is 0 Å². The van der Waals surface area contributed by atoms with Gasteiger partial charge < -0.3 is 0 Å². The molecule has 0 fully saturated rings. The van der Waals surface area contributed by atoms with Crippen molar-refractivity contribution in [1.29, 1.82) is 0 Å². The standard InChI is InChI=1S/C17H26/c1-4-7-11-15-13-9-14-16(12-8-5-2)17(15)10-6-3/h6,9,13-14H,3-5,7-8,10-12H2,1-2H3. The van der Waals surface area contributed by atoms with Crippen LogP contribution < -0.4 is 0 Å². The zero-order valence-corrected chi connectivity index (χ0v) is 11.5. The van der Waals surface area contributed by atoms with Crippen LogP contribution in [0.4, 0.5) is 0 Å². The molecule has 0 radical (unpaired) electrons. The van der Waals surface area contributed by atoms with Crippen LogP contribution in [0.1, 0.15) is 56.2 Å². The maximum Gasteiger partial charge on any atom is -0.00947 e. The molecule has 0 heterocycles. The highest BCUT2D eigenvalue weighted by molar-refractivity contribution is 5.37. The largest absolute Gasteiger partial charge is 0.103 e. The van der Waals surface area contributed by atoms with Crippen molar-refractivity contribution in [2.45, 2.75) is 58.8 Å². The molecule has 0 nitrogen and oxygen atoms in total. The molecule has 1 rings (SSSR count). The summed E-state index contributed by atoms with van der Waals surface area (Å²) in [4.78, 5) is 0. The number of aryl methyl sites for hydroxylation is 2. The van der Waals surface area contributed by atoms with Gasteiger partial charge in [-0.1, -0.05) is 51.0 Å². The molecular weight excluding hydrogens is 204 g/mol. The van der Waals surface area contributed by atoms with Gasteiger partial charge >= 0.3 is 0 Å². The van der Waals surface area contributed by atoms with Crippen LogP contribution in [0.25, 0.3) is 0 Å². The number of unbranched alkanes of at least 4 members (excludes halogenated alkanes) is 2. The van der Waals surface area contributed by atoms with E-state index < -0.39 is 0 Å². The SMILES string of the molecule is C=CCc1c(CCCC)cccc1CCCC. The van der Waals surface area contributed by atoms with E-state index in [4.69, 9.17) is 0 Å². The molecule has 94 valence electrons. The predicted molar refractivity (Wildman–Crippen MR) is 77.6 cm³/mol. The van der Waals surface area contributed by atoms with Crippen LogP contribution in [0.3, 0.4) is 0 Å². The second kappa shape index (κ2) is 8.11. The first-order valence-corrected chi connectivity index (χ1v) is 7.04. The van der Waals surface area contributed by atoms with E-state index in [9.17, 15) is 0 Å². The Morgan fingerprint density at radius 3 is 1.94 bits per heavy atom. The Morgan fingerprint density at radius 2 is 1.53 bits per heavy atom. The minimum atomic E-state index is 1.03. The molecule has 0 amide bonds. The van der Waals surface area contributed by atoms with Gasteiger partial charge in [-0.05, 0) is 48.8 Å². The Morgan fingerprint density at radius 1 is 1.00 bits per heavy atom. The summed E-state index contributed by atoms with van der Waals surface area (Å²) in [5.41, 5.74) is 4.63. The molecule has 0 aliphatic carbocycles. The summed E-state index contributed by atoms with van der Waals surface area (Å²) in [7, 11) is 0. The van der Waals surface area contributed by atoms with Crippen LogP contribution in [0.2, 0.25) is 0 Å². The van der Waals surface area contributed by atoms with Crippen molar-refractivity contribution in [3.8, 4) is 0 Å². The van der Waals surface area contributed by atoms with Crippen molar-refractivity contribution in [2.75, 3.05) is 0 Å². The lowest BCUT2D eigenvalue weighted by molar-refractivity contribution is 0.769. The molecule has 0 aromatic heterocycles. The summed E-state index contributed by atoms with van der Waals surface area (Å²) in [5, 5.41) is 0. The molecular formula is C17H26. The minimum absolute atomic E-state index is 1.03. The van der Waals surface area contributed by atoms with Crippen LogP contribution >= 0.6 is 0 Å². The molecule has 0 aliphatic heterocycles. The maximum atomic E-state index is 3.90. The molecule has 0 spiro atoms. The molecule has 0 bridgehead atoms. The fourth-order valence-corrected chi connectivity index (χ4v) is 2.30. The van der Waals surface area contributed by atoms with E-state index in [0.717, 1.165) is 6.42 Å². The molecule has 0 unspecified atom stereocenters. The second-order valence-electron chi connectivity index (χ2n) is 4.75. The zero-order valence-electron chi connectivity index (χ0n) is 11.5. The van der Waals surface area contributed by atoms with E-state index >= 15 is 0 Å². The van der Waals surface area contributed by atoms with Gasteiger partial charge in [-0.2, -0.15) is 0 Å². The maximum absolute atomic E-state index is 3.90. The molecule has 0 saturated carbocycles. The van der Waals surface area contributed by atoms with E-state index in [-0.39, 0.29) is 0 Å². The van der Waals surface area contributed by atoms with Gasteiger partial charge in [0.1, 0.15) is 0 Å². The summed E-state index contributed by atoms with van der Waals surface area (Å²) in [6.45, 7) is 8.41. The fraction of sp³-hybridized carbons (Fsp3) is 0.529. The van der Waals surface area contributed by atoms with Gasteiger partial charge in [0.15, 0.2) is 0 Å². The zero-order chi connectivity index (χ0) is 12.5. The molecule has 0 aliphatic rings. The average molecular weight is 230 g/mol. The van der Waals surface area contributed by atoms with Crippen LogP contribution in [0, 0.1) is 0 Å². The van der Waals surface area contributed by atoms with E-state index in [1.807, 2.05) is 6.08 Å². The van der Waals surface area contributed by atoms with Gasteiger partial charge in [0.25, 0.3) is 0 Å². The Labute approximate surface area is 107 Å². The van der Waals surface area contributed by atoms with Gasteiger partial charge in [0.05, 0.1) is 0 Å². The van der Waals surface area contributed by atoms with E-state index in [2.05, 4.69) is 38.6 Å². The third-order valence-corrected chi connectivity index (χ3v) is 3.32. The molecule has 0 heteroatoms. The number of hydrogen-bond acceptors (Lipinski definition) is 0. The minimum Gasteiger partial charge on any atom is -0.103 e. The third-order valence-electron chi connectivity index (χ3n) is 3.32. The van der Waals surface area contributed by atoms with E-state index in [0.29, 0.717) is 0 Å². The first kappa shape index (κ1) is 14.0. The van der Waals surface area contributed by atoms with Crippen LogP contribution in [0.15, 0.2) is 30.9 Å². The monoisotopic (exact) mass is 230 g/mol. The average Bonchev–Trinajstić information content (AvgIpc) is 2.36. The lowest BCUT2D eigenvalue weighted by atomic mass is 9.92. The smallest absolute Gasteiger partial charge is 0.00947 e. The second-order valence-corrected chi connectivity index (χ2v) is 4.75. The summed E-state index contributed by atoms with van der Waals surface area (Å²) in [6, 6.07) is 6.82. The first-order chi connectivity index (χ1) is 8.33. The number of allylic oxidation sites excluding steroid dienone is 1. The number of benzene rings is 1. The number of hydrogen-bond donors (Lipinski definition) is 0. The highest BCUT2D eigenvalue weighted by Crippen LogP contribution is 2.20. The van der Waals surface area contributed by atoms with Crippen LogP contribution in [-0.2, 0) is 19.3 Å². The Hall–Kier alpha value is -1.04.